The molecular formula is C56H105NO5. The van der Waals surface area contributed by atoms with Crippen LogP contribution in [0.25, 0.3) is 0 Å². The normalized spacial score (nSPS) is 12.9. The fourth-order valence-electron chi connectivity index (χ4n) is 8.15. The van der Waals surface area contributed by atoms with Gasteiger partial charge in [-0.3, -0.25) is 9.59 Å². The third-order valence-corrected chi connectivity index (χ3v) is 12.4. The molecule has 0 aromatic rings. The van der Waals surface area contributed by atoms with Gasteiger partial charge in [-0.1, -0.05) is 224 Å². The van der Waals surface area contributed by atoms with Crippen LogP contribution in [0.15, 0.2) is 36.5 Å². The van der Waals surface area contributed by atoms with Crippen molar-refractivity contribution in [3.8, 4) is 0 Å². The summed E-state index contributed by atoms with van der Waals surface area (Å²) in [5, 5.41) is 23.0. The average molecular weight is 872 g/mol. The summed E-state index contributed by atoms with van der Waals surface area (Å²) in [5.41, 5.74) is 0. The van der Waals surface area contributed by atoms with Gasteiger partial charge in [-0.05, 0) is 83.5 Å². The molecule has 0 aliphatic heterocycles. The maximum absolute atomic E-state index is 12.4. The van der Waals surface area contributed by atoms with Gasteiger partial charge in [0.15, 0.2) is 0 Å². The van der Waals surface area contributed by atoms with E-state index in [0.29, 0.717) is 19.4 Å². The van der Waals surface area contributed by atoms with Gasteiger partial charge in [0.1, 0.15) is 0 Å². The highest BCUT2D eigenvalue weighted by Crippen LogP contribution is 2.15. The third-order valence-electron chi connectivity index (χ3n) is 12.4. The standard InChI is InChI=1S/C56H105NO5/c1-3-5-7-9-11-13-15-17-25-28-32-36-40-44-48-54(59)53(52-58)57-55(60)49-45-41-37-33-29-26-22-20-18-19-21-23-27-31-35-39-43-47-51-62-56(61)50-46-42-38-34-30-24-16-14-12-10-8-6-4-2/h14,16,20,22,44,48,53-54,58-59H,3-13,15,17-19,21,23-43,45-47,49-52H2,1-2H3,(H,57,60)/b16-14-,22-20-,48-44+. The van der Waals surface area contributed by atoms with Crippen LogP contribution in [-0.4, -0.2) is 47.4 Å². The maximum Gasteiger partial charge on any atom is 0.305 e. The molecular weight excluding hydrogens is 767 g/mol. The molecule has 0 rings (SSSR count). The molecule has 0 aliphatic carbocycles. The van der Waals surface area contributed by atoms with Gasteiger partial charge in [0.25, 0.3) is 0 Å². The molecule has 0 saturated heterocycles. The number of esters is 1. The molecule has 3 N–H and O–H groups in total. The Hall–Kier alpha value is -1.92. The maximum atomic E-state index is 12.4. The molecule has 0 saturated carbocycles. The molecule has 0 radical (unpaired) electrons. The lowest BCUT2D eigenvalue weighted by Crippen LogP contribution is -2.45. The van der Waals surface area contributed by atoms with Crippen molar-refractivity contribution in [3.05, 3.63) is 36.5 Å². The SMILES string of the molecule is CCCCCC/C=C\CCCCCCCC(=O)OCCCCCCCCCCC/C=C\CCCCCCCC(=O)NC(CO)C(O)/C=C/CCCCCCCCCCCCCC. The number of amides is 1. The predicted molar refractivity (Wildman–Crippen MR) is 269 cm³/mol. The number of aliphatic hydroxyl groups is 2. The quantitative estimate of drug-likeness (QED) is 0.0321. The number of carbonyl (C=O) groups is 2. The zero-order valence-corrected chi connectivity index (χ0v) is 41.4. The lowest BCUT2D eigenvalue weighted by molar-refractivity contribution is -0.143. The minimum Gasteiger partial charge on any atom is -0.466 e. The molecule has 0 aliphatic rings. The van der Waals surface area contributed by atoms with E-state index in [9.17, 15) is 19.8 Å². The topological polar surface area (TPSA) is 95.9 Å². The second-order valence-corrected chi connectivity index (χ2v) is 18.5. The number of ether oxygens (including phenoxy) is 1. The first kappa shape index (κ1) is 60.1. The minimum absolute atomic E-state index is 0.00765. The van der Waals surface area contributed by atoms with Crippen molar-refractivity contribution < 1.29 is 24.5 Å². The minimum atomic E-state index is -0.853. The van der Waals surface area contributed by atoms with Crippen molar-refractivity contribution in [2.75, 3.05) is 13.2 Å². The van der Waals surface area contributed by atoms with Gasteiger partial charge < -0.3 is 20.3 Å². The van der Waals surface area contributed by atoms with Crippen LogP contribution in [-0.2, 0) is 14.3 Å². The molecule has 6 nitrogen and oxygen atoms in total. The fraction of sp³-hybridized carbons (Fsp3) is 0.857. The molecule has 2 atom stereocenters. The van der Waals surface area contributed by atoms with E-state index in [1.807, 2.05) is 6.08 Å². The zero-order chi connectivity index (χ0) is 45.1. The Kier molecular flexibility index (Phi) is 50.1. The summed E-state index contributed by atoms with van der Waals surface area (Å²) in [7, 11) is 0. The molecule has 0 aromatic carbocycles. The van der Waals surface area contributed by atoms with E-state index >= 15 is 0 Å². The molecule has 364 valence electrons. The van der Waals surface area contributed by atoms with E-state index in [0.717, 1.165) is 64.2 Å². The summed E-state index contributed by atoms with van der Waals surface area (Å²) < 4.78 is 5.46. The van der Waals surface area contributed by atoms with Crippen molar-refractivity contribution >= 4 is 11.9 Å². The molecule has 0 bridgehead atoms. The van der Waals surface area contributed by atoms with Crippen LogP contribution >= 0.6 is 0 Å². The average Bonchev–Trinajstić information content (AvgIpc) is 3.27. The van der Waals surface area contributed by atoms with Crippen molar-refractivity contribution in [2.24, 2.45) is 0 Å². The summed E-state index contributed by atoms with van der Waals surface area (Å²) in [6, 6.07) is -0.638. The van der Waals surface area contributed by atoms with E-state index in [1.54, 1.807) is 6.08 Å². The van der Waals surface area contributed by atoms with Gasteiger partial charge in [0, 0.05) is 12.8 Å². The number of rotatable bonds is 50. The highest BCUT2D eigenvalue weighted by atomic mass is 16.5. The molecule has 62 heavy (non-hydrogen) atoms. The predicted octanol–water partition coefficient (Wildman–Crippen LogP) is 16.5. The fourth-order valence-corrected chi connectivity index (χ4v) is 8.15. The van der Waals surface area contributed by atoms with Gasteiger partial charge in [0.05, 0.1) is 25.4 Å². The van der Waals surface area contributed by atoms with E-state index in [4.69, 9.17) is 4.74 Å². The lowest BCUT2D eigenvalue weighted by atomic mass is 10.0. The van der Waals surface area contributed by atoms with Crippen LogP contribution in [0.4, 0.5) is 0 Å². The van der Waals surface area contributed by atoms with E-state index in [1.165, 1.54) is 193 Å². The number of aliphatic hydroxyl groups excluding tert-OH is 2. The number of hydrogen-bond donors (Lipinski definition) is 3. The highest BCUT2D eigenvalue weighted by Gasteiger charge is 2.18. The van der Waals surface area contributed by atoms with Crippen molar-refractivity contribution in [1.82, 2.24) is 5.32 Å². The summed E-state index contributed by atoms with van der Waals surface area (Å²) in [4.78, 5) is 24.4. The molecule has 0 heterocycles. The number of carbonyl (C=O) groups excluding carboxylic acids is 2. The Morgan fingerprint density at radius 2 is 0.758 bits per heavy atom. The van der Waals surface area contributed by atoms with Gasteiger partial charge in [-0.25, -0.2) is 0 Å². The highest BCUT2D eigenvalue weighted by molar-refractivity contribution is 5.76. The summed E-state index contributed by atoms with van der Waals surface area (Å²) in [6.45, 7) is 4.86. The van der Waals surface area contributed by atoms with E-state index in [-0.39, 0.29) is 18.5 Å². The smallest absolute Gasteiger partial charge is 0.305 e. The van der Waals surface area contributed by atoms with Gasteiger partial charge in [-0.15, -0.1) is 0 Å². The van der Waals surface area contributed by atoms with Gasteiger partial charge in [0.2, 0.25) is 5.91 Å². The van der Waals surface area contributed by atoms with E-state index < -0.39 is 12.1 Å². The number of unbranched alkanes of at least 4 members (excludes halogenated alkanes) is 35. The Balaban J connectivity index is 3.49. The zero-order valence-electron chi connectivity index (χ0n) is 41.4. The van der Waals surface area contributed by atoms with Crippen LogP contribution in [0.3, 0.4) is 0 Å². The van der Waals surface area contributed by atoms with Gasteiger partial charge >= 0.3 is 5.97 Å². The van der Waals surface area contributed by atoms with E-state index in [2.05, 4.69) is 43.5 Å². The Bertz CT molecular complexity index is 1010. The van der Waals surface area contributed by atoms with Crippen LogP contribution in [0.1, 0.15) is 284 Å². The lowest BCUT2D eigenvalue weighted by Gasteiger charge is -2.20. The molecule has 2 unspecified atom stereocenters. The summed E-state index contributed by atoms with van der Waals surface area (Å²) in [6.07, 6.45) is 62.9. The Morgan fingerprint density at radius 3 is 1.16 bits per heavy atom. The molecule has 0 fully saturated rings. The first-order valence-corrected chi connectivity index (χ1v) is 27.3. The first-order chi connectivity index (χ1) is 30.5. The largest absolute Gasteiger partial charge is 0.466 e. The van der Waals surface area contributed by atoms with Crippen LogP contribution < -0.4 is 5.32 Å². The van der Waals surface area contributed by atoms with Crippen LogP contribution in [0, 0.1) is 0 Å². The number of hydrogen-bond acceptors (Lipinski definition) is 5. The molecule has 0 aromatic heterocycles. The second-order valence-electron chi connectivity index (χ2n) is 18.5. The summed E-state index contributed by atoms with van der Waals surface area (Å²) >= 11 is 0. The monoisotopic (exact) mass is 872 g/mol. The summed E-state index contributed by atoms with van der Waals surface area (Å²) in [5.74, 6) is -0.0905. The van der Waals surface area contributed by atoms with Crippen molar-refractivity contribution in [2.45, 2.75) is 296 Å². The Labute approximate surface area is 385 Å². The van der Waals surface area contributed by atoms with Crippen LogP contribution in [0.2, 0.25) is 0 Å². The number of nitrogens with one attached hydrogen (secondary N) is 1. The van der Waals surface area contributed by atoms with Crippen LogP contribution in [0.5, 0.6) is 0 Å². The second kappa shape index (κ2) is 51.7. The molecule has 6 heteroatoms. The first-order valence-electron chi connectivity index (χ1n) is 27.3. The van der Waals surface area contributed by atoms with Gasteiger partial charge in [-0.2, -0.15) is 0 Å². The molecule has 1 amide bonds. The van der Waals surface area contributed by atoms with Crippen molar-refractivity contribution in [3.63, 3.8) is 0 Å². The third kappa shape index (κ3) is 47.6. The Morgan fingerprint density at radius 1 is 0.435 bits per heavy atom. The molecule has 0 spiro atoms. The van der Waals surface area contributed by atoms with Crippen molar-refractivity contribution in [1.29, 1.82) is 0 Å². The number of allylic oxidation sites excluding steroid dienone is 5.